The van der Waals surface area contributed by atoms with Gasteiger partial charge < -0.3 is 4.74 Å². The Morgan fingerprint density at radius 1 is 1.43 bits per heavy atom. The highest BCUT2D eigenvalue weighted by Crippen LogP contribution is 2.27. The minimum absolute atomic E-state index is 0.0131. The Balaban J connectivity index is 2.05. The molecule has 0 bridgehead atoms. The van der Waals surface area contributed by atoms with Gasteiger partial charge in [0.15, 0.2) is 5.78 Å². The molecule has 1 aromatic carbocycles. The monoisotopic (exact) mass is 348 g/mol. The Morgan fingerprint density at radius 2 is 2.14 bits per heavy atom. The van der Waals surface area contributed by atoms with Gasteiger partial charge >= 0.3 is 5.97 Å². The first kappa shape index (κ1) is 15.7. The molecule has 0 fully saturated rings. The fourth-order valence-electron chi connectivity index (χ4n) is 2.31. The summed E-state index contributed by atoms with van der Waals surface area (Å²) in [6, 6.07) is 7.05. The van der Waals surface area contributed by atoms with Gasteiger partial charge in [0.1, 0.15) is 5.76 Å². The number of rotatable bonds is 4. The van der Waals surface area contributed by atoms with Crippen LogP contribution in [-0.2, 0) is 9.53 Å². The van der Waals surface area contributed by atoms with Crippen LogP contribution in [0, 0.1) is 5.92 Å². The smallest absolute Gasteiger partial charge is 0.344 e. The van der Waals surface area contributed by atoms with Crippen molar-refractivity contribution in [1.29, 1.82) is 0 Å². The van der Waals surface area contributed by atoms with E-state index in [9.17, 15) is 9.59 Å². The zero-order valence-corrected chi connectivity index (χ0v) is 13.5. The number of hydrogen-bond acceptors (Lipinski definition) is 3. The van der Waals surface area contributed by atoms with E-state index in [0.29, 0.717) is 35.1 Å². The average molecular weight is 349 g/mol. The van der Waals surface area contributed by atoms with E-state index in [1.165, 1.54) is 6.08 Å². The topological polar surface area (TPSA) is 43.4 Å². The third-order valence-electron chi connectivity index (χ3n) is 3.36. The van der Waals surface area contributed by atoms with Crippen LogP contribution < -0.4 is 0 Å². The molecule has 4 heteroatoms. The fourth-order valence-corrected chi connectivity index (χ4v) is 2.76. The molecule has 110 valence electrons. The first-order chi connectivity index (χ1) is 9.97. The second-order valence-corrected chi connectivity index (χ2v) is 6.13. The van der Waals surface area contributed by atoms with E-state index in [4.69, 9.17) is 4.74 Å². The number of allylic oxidation sites excluding steroid dienone is 3. The lowest BCUT2D eigenvalue weighted by Gasteiger charge is -2.20. The quantitative estimate of drug-likeness (QED) is 0.596. The summed E-state index contributed by atoms with van der Waals surface area (Å²) >= 11 is 3.31. The standard InChI is InChI=1S/C17H17BrO3/c1-11(2)9-12-7-8-13(10-16(12)19)21-17(20)14-5-3-4-6-15(14)18/h3-6,10,12H,1,7-9H2,2H3. The zero-order chi connectivity index (χ0) is 15.4. The highest BCUT2D eigenvalue weighted by atomic mass is 79.9. The molecule has 21 heavy (non-hydrogen) atoms. The van der Waals surface area contributed by atoms with E-state index in [-0.39, 0.29) is 11.7 Å². The Morgan fingerprint density at radius 3 is 2.76 bits per heavy atom. The molecule has 0 N–H and O–H groups in total. The molecule has 0 amide bonds. The van der Waals surface area contributed by atoms with Gasteiger partial charge in [-0.2, -0.15) is 0 Å². The van der Waals surface area contributed by atoms with E-state index in [1.807, 2.05) is 13.0 Å². The SMILES string of the molecule is C=C(C)CC1CCC(OC(=O)c2ccccc2Br)=CC1=O. The van der Waals surface area contributed by atoms with Gasteiger partial charge in [-0.05, 0) is 47.8 Å². The third kappa shape index (κ3) is 4.14. The molecule has 1 aliphatic carbocycles. The fraction of sp³-hybridized carbons (Fsp3) is 0.294. The summed E-state index contributed by atoms with van der Waals surface area (Å²) in [5.74, 6) is -0.0221. The van der Waals surface area contributed by atoms with Crippen LogP contribution in [0.25, 0.3) is 0 Å². The van der Waals surface area contributed by atoms with Crippen molar-refractivity contribution in [3.63, 3.8) is 0 Å². The molecular formula is C17H17BrO3. The largest absolute Gasteiger partial charge is 0.427 e. The molecule has 1 aromatic rings. The van der Waals surface area contributed by atoms with Gasteiger partial charge in [0.25, 0.3) is 0 Å². The second kappa shape index (κ2) is 6.85. The van der Waals surface area contributed by atoms with Crippen molar-refractivity contribution >= 4 is 27.7 Å². The van der Waals surface area contributed by atoms with Crippen LogP contribution in [0.15, 0.2) is 52.7 Å². The van der Waals surface area contributed by atoms with Gasteiger partial charge in [-0.15, -0.1) is 6.58 Å². The molecule has 0 saturated carbocycles. The molecule has 3 nitrogen and oxygen atoms in total. The summed E-state index contributed by atoms with van der Waals surface area (Å²) < 4.78 is 6.01. The van der Waals surface area contributed by atoms with Crippen LogP contribution in [0.5, 0.6) is 0 Å². The van der Waals surface area contributed by atoms with E-state index in [1.54, 1.807) is 18.2 Å². The minimum Gasteiger partial charge on any atom is -0.427 e. The van der Waals surface area contributed by atoms with Gasteiger partial charge in [-0.3, -0.25) is 4.79 Å². The molecule has 2 rings (SSSR count). The van der Waals surface area contributed by atoms with Crippen LogP contribution in [0.4, 0.5) is 0 Å². The van der Waals surface area contributed by atoms with Gasteiger partial charge in [0, 0.05) is 22.9 Å². The molecule has 0 saturated heterocycles. The predicted molar refractivity (Wildman–Crippen MR) is 84.8 cm³/mol. The van der Waals surface area contributed by atoms with Crippen molar-refractivity contribution in [3.05, 3.63) is 58.3 Å². The number of benzene rings is 1. The number of esters is 1. The van der Waals surface area contributed by atoms with Crippen LogP contribution in [0.2, 0.25) is 0 Å². The highest BCUT2D eigenvalue weighted by molar-refractivity contribution is 9.10. The molecule has 0 radical (unpaired) electrons. The summed E-state index contributed by atoms with van der Waals surface area (Å²) in [7, 11) is 0. The third-order valence-corrected chi connectivity index (χ3v) is 4.05. The van der Waals surface area contributed by atoms with Crippen molar-refractivity contribution in [3.8, 4) is 0 Å². The number of halogens is 1. The summed E-state index contributed by atoms with van der Waals surface area (Å²) in [6.07, 6.45) is 3.44. The number of hydrogen-bond donors (Lipinski definition) is 0. The number of ether oxygens (including phenoxy) is 1. The maximum Gasteiger partial charge on any atom is 0.344 e. The van der Waals surface area contributed by atoms with Crippen LogP contribution >= 0.6 is 15.9 Å². The molecular weight excluding hydrogens is 332 g/mol. The van der Waals surface area contributed by atoms with Crippen molar-refractivity contribution in [1.82, 2.24) is 0 Å². The van der Waals surface area contributed by atoms with Crippen LogP contribution in [0.1, 0.15) is 36.5 Å². The van der Waals surface area contributed by atoms with Crippen molar-refractivity contribution < 1.29 is 14.3 Å². The van der Waals surface area contributed by atoms with Crippen molar-refractivity contribution in [2.75, 3.05) is 0 Å². The minimum atomic E-state index is -0.445. The predicted octanol–water partition coefficient (Wildman–Crippen LogP) is 4.44. The van der Waals surface area contributed by atoms with Crippen LogP contribution in [0.3, 0.4) is 0 Å². The molecule has 1 atom stereocenters. The van der Waals surface area contributed by atoms with E-state index < -0.39 is 5.97 Å². The Labute approximate surface area is 132 Å². The van der Waals surface area contributed by atoms with Gasteiger partial charge in [0.05, 0.1) is 5.56 Å². The van der Waals surface area contributed by atoms with Crippen LogP contribution in [-0.4, -0.2) is 11.8 Å². The molecule has 1 aliphatic rings. The lowest BCUT2D eigenvalue weighted by Crippen LogP contribution is -2.20. The van der Waals surface area contributed by atoms with Crippen molar-refractivity contribution in [2.45, 2.75) is 26.2 Å². The Bertz CT molecular complexity index is 616. The Kier molecular flexibility index (Phi) is 5.12. The summed E-state index contributed by atoms with van der Waals surface area (Å²) in [5, 5.41) is 0. The second-order valence-electron chi connectivity index (χ2n) is 5.28. The van der Waals surface area contributed by atoms with Crippen molar-refractivity contribution in [2.24, 2.45) is 5.92 Å². The maximum absolute atomic E-state index is 12.1. The molecule has 0 heterocycles. The maximum atomic E-state index is 12.1. The normalized spacial score (nSPS) is 18.1. The number of carbonyl (C=O) groups excluding carboxylic acids is 2. The molecule has 0 aliphatic heterocycles. The van der Waals surface area contributed by atoms with E-state index in [0.717, 1.165) is 5.57 Å². The summed E-state index contributed by atoms with van der Waals surface area (Å²) in [6.45, 7) is 5.75. The lowest BCUT2D eigenvalue weighted by molar-refractivity contribution is -0.119. The molecule has 1 unspecified atom stereocenters. The Hall–Kier alpha value is -1.68. The average Bonchev–Trinajstić information content (AvgIpc) is 2.42. The number of ketones is 1. The number of carbonyl (C=O) groups is 2. The molecule has 0 aromatic heterocycles. The summed E-state index contributed by atoms with van der Waals surface area (Å²) in [5.41, 5.74) is 1.45. The highest BCUT2D eigenvalue weighted by Gasteiger charge is 2.24. The zero-order valence-electron chi connectivity index (χ0n) is 11.9. The van der Waals surface area contributed by atoms with E-state index in [2.05, 4.69) is 22.5 Å². The lowest BCUT2D eigenvalue weighted by atomic mass is 9.87. The first-order valence-corrected chi connectivity index (χ1v) is 7.62. The van der Waals surface area contributed by atoms with E-state index >= 15 is 0 Å². The van der Waals surface area contributed by atoms with Gasteiger partial charge in [-0.25, -0.2) is 4.79 Å². The molecule has 0 spiro atoms. The first-order valence-electron chi connectivity index (χ1n) is 6.83. The summed E-state index contributed by atoms with van der Waals surface area (Å²) in [4.78, 5) is 24.1. The van der Waals surface area contributed by atoms with Gasteiger partial charge in [-0.1, -0.05) is 17.7 Å². The van der Waals surface area contributed by atoms with Gasteiger partial charge in [0.2, 0.25) is 0 Å².